The van der Waals surface area contributed by atoms with E-state index in [4.69, 9.17) is 9.15 Å². The number of nitrogens with one attached hydrogen (secondary N) is 1. The molecule has 3 aromatic rings. The first kappa shape index (κ1) is 16.5. The van der Waals surface area contributed by atoms with E-state index in [-0.39, 0.29) is 18.4 Å². The average Bonchev–Trinajstić information content (AvgIpc) is 3.14. The Morgan fingerprint density at radius 3 is 3.00 bits per heavy atom. The largest absolute Gasteiger partial charge is 0.490 e. The van der Waals surface area contributed by atoms with E-state index in [1.54, 1.807) is 11.3 Å². The van der Waals surface area contributed by atoms with Crippen molar-refractivity contribution in [3.05, 3.63) is 46.1 Å². The molecule has 0 saturated carbocycles. The number of benzene rings is 1. The van der Waals surface area contributed by atoms with E-state index in [2.05, 4.69) is 10.3 Å². The molecule has 0 radical (unpaired) electrons. The van der Waals surface area contributed by atoms with Gasteiger partial charge in [0, 0.05) is 10.8 Å². The Labute approximate surface area is 144 Å². The summed E-state index contributed by atoms with van der Waals surface area (Å²) in [5.41, 5.74) is 1.51. The highest BCUT2D eigenvalue weighted by atomic mass is 32.1. The van der Waals surface area contributed by atoms with E-state index in [1.807, 2.05) is 50.4 Å². The number of amides is 1. The van der Waals surface area contributed by atoms with Gasteiger partial charge in [-0.05, 0) is 32.9 Å². The lowest BCUT2D eigenvalue weighted by molar-refractivity contribution is -0.121. The molecule has 2 heterocycles. The van der Waals surface area contributed by atoms with Crippen LogP contribution in [0.3, 0.4) is 0 Å². The molecule has 1 aromatic carbocycles. The molecule has 0 bridgehead atoms. The summed E-state index contributed by atoms with van der Waals surface area (Å²) in [6.45, 7) is 6.35. The van der Waals surface area contributed by atoms with Crippen molar-refractivity contribution >= 4 is 28.2 Å². The smallest absolute Gasteiger partial charge is 0.226 e. The molecule has 0 saturated heterocycles. The SMILES string of the molecule is CCOc1cccc2cc(C(C)NC(=O)Cc3csc(C)n3)oc12. The van der Waals surface area contributed by atoms with Gasteiger partial charge in [-0.25, -0.2) is 4.98 Å². The number of nitrogens with zero attached hydrogens (tertiary/aromatic N) is 1. The standard InChI is InChI=1S/C18H20N2O3S/c1-4-22-15-7-5-6-13-8-16(23-18(13)15)11(2)19-17(21)9-14-10-24-12(3)20-14/h5-8,10-11H,4,9H2,1-3H3,(H,19,21). The van der Waals surface area contributed by atoms with Crippen molar-refractivity contribution < 1.29 is 13.9 Å². The fourth-order valence-electron chi connectivity index (χ4n) is 2.56. The van der Waals surface area contributed by atoms with E-state index in [9.17, 15) is 4.79 Å². The molecule has 1 atom stereocenters. The highest BCUT2D eigenvalue weighted by Gasteiger charge is 2.17. The van der Waals surface area contributed by atoms with Crippen LogP contribution in [0.4, 0.5) is 0 Å². The van der Waals surface area contributed by atoms with Crippen LogP contribution in [0.2, 0.25) is 0 Å². The van der Waals surface area contributed by atoms with Gasteiger partial charge < -0.3 is 14.5 Å². The summed E-state index contributed by atoms with van der Waals surface area (Å²) in [6, 6.07) is 7.50. The van der Waals surface area contributed by atoms with Gasteiger partial charge in [-0.15, -0.1) is 11.3 Å². The van der Waals surface area contributed by atoms with E-state index in [1.165, 1.54) is 0 Å². The van der Waals surface area contributed by atoms with E-state index >= 15 is 0 Å². The second-order valence-electron chi connectivity index (χ2n) is 5.58. The minimum atomic E-state index is -0.223. The number of thiazole rings is 1. The molecule has 6 heteroatoms. The van der Waals surface area contributed by atoms with Crippen molar-refractivity contribution in [2.75, 3.05) is 6.61 Å². The van der Waals surface area contributed by atoms with Gasteiger partial charge >= 0.3 is 0 Å². The Kier molecular flexibility index (Phi) is 4.85. The van der Waals surface area contributed by atoms with Gasteiger partial charge in [0.05, 0.1) is 29.8 Å². The van der Waals surface area contributed by atoms with Crippen LogP contribution in [-0.4, -0.2) is 17.5 Å². The number of aryl methyl sites for hydroxylation is 1. The Balaban J connectivity index is 1.72. The Bertz CT molecular complexity index is 853. The van der Waals surface area contributed by atoms with Gasteiger partial charge in [0.2, 0.25) is 5.91 Å². The van der Waals surface area contributed by atoms with Gasteiger partial charge in [-0.2, -0.15) is 0 Å². The van der Waals surface area contributed by atoms with Gasteiger partial charge in [0.15, 0.2) is 11.3 Å². The Morgan fingerprint density at radius 1 is 1.46 bits per heavy atom. The van der Waals surface area contributed by atoms with Gasteiger partial charge in [-0.1, -0.05) is 12.1 Å². The zero-order valence-corrected chi connectivity index (χ0v) is 14.8. The van der Waals surface area contributed by atoms with Crippen LogP contribution in [0.5, 0.6) is 5.75 Å². The zero-order valence-electron chi connectivity index (χ0n) is 14.0. The second-order valence-corrected chi connectivity index (χ2v) is 6.64. The average molecular weight is 344 g/mol. The van der Waals surface area contributed by atoms with Crippen LogP contribution in [0.25, 0.3) is 11.0 Å². The Morgan fingerprint density at radius 2 is 2.29 bits per heavy atom. The molecule has 0 aliphatic rings. The fourth-order valence-corrected chi connectivity index (χ4v) is 3.17. The lowest BCUT2D eigenvalue weighted by atomic mass is 10.2. The third-order valence-corrected chi connectivity index (χ3v) is 4.46. The number of rotatable bonds is 6. The summed E-state index contributed by atoms with van der Waals surface area (Å²) in [5, 5.41) is 6.80. The van der Waals surface area contributed by atoms with Crippen molar-refractivity contribution in [3.8, 4) is 5.75 Å². The number of aromatic nitrogens is 1. The third kappa shape index (κ3) is 3.59. The quantitative estimate of drug-likeness (QED) is 0.733. The van der Waals surface area contributed by atoms with Crippen LogP contribution in [0.1, 0.15) is 36.4 Å². The first-order valence-electron chi connectivity index (χ1n) is 7.92. The fraction of sp³-hybridized carbons (Fsp3) is 0.333. The van der Waals surface area contributed by atoms with Gasteiger partial charge in [0.1, 0.15) is 5.76 Å². The number of hydrogen-bond acceptors (Lipinski definition) is 5. The molecule has 24 heavy (non-hydrogen) atoms. The topological polar surface area (TPSA) is 64.4 Å². The van der Waals surface area contributed by atoms with Crippen molar-refractivity contribution in [3.63, 3.8) is 0 Å². The first-order valence-corrected chi connectivity index (χ1v) is 8.80. The van der Waals surface area contributed by atoms with E-state index in [0.29, 0.717) is 18.0 Å². The molecule has 5 nitrogen and oxygen atoms in total. The molecule has 1 amide bonds. The number of fused-ring (bicyclic) bond motifs is 1. The molecule has 1 unspecified atom stereocenters. The summed E-state index contributed by atoms with van der Waals surface area (Å²) in [4.78, 5) is 16.5. The summed E-state index contributed by atoms with van der Waals surface area (Å²) in [7, 11) is 0. The molecule has 126 valence electrons. The van der Waals surface area contributed by atoms with E-state index in [0.717, 1.165) is 21.8 Å². The molecule has 0 aliphatic carbocycles. The van der Waals surface area contributed by atoms with Crippen LogP contribution in [0.15, 0.2) is 34.1 Å². The summed E-state index contributed by atoms with van der Waals surface area (Å²) >= 11 is 1.55. The molecular formula is C18H20N2O3S. The monoisotopic (exact) mass is 344 g/mol. The number of carbonyl (C=O) groups excluding carboxylic acids is 1. The summed E-state index contributed by atoms with van der Waals surface area (Å²) < 4.78 is 11.5. The van der Waals surface area contributed by atoms with Gasteiger partial charge in [-0.3, -0.25) is 4.79 Å². The highest BCUT2D eigenvalue weighted by molar-refractivity contribution is 7.09. The Hall–Kier alpha value is -2.34. The van der Waals surface area contributed by atoms with Crippen LogP contribution in [-0.2, 0) is 11.2 Å². The van der Waals surface area contributed by atoms with E-state index < -0.39 is 0 Å². The first-order chi connectivity index (χ1) is 11.6. The van der Waals surface area contributed by atoms with Crippen molar-refractivity contribution in [2.24, 2.45) is 0 Å². The van der Waals surface area contributed by atoms with Crippen molar-refractivity contribution in [1.29, 1.82) is 0 Å². The lowest BCUT2D eigenvalue weighted by Crippen LogP contribution is -2.27. The number of furan rings is 1. The maximum Gasteiger partial charge on any atom is 0.226 e. The second kappa shape index (κ2) is 7.05. The predicted octanol–water partition coefficient (Wildman–Crippen LogP) is 4.02. The number of para-hydroxylation sites is 1. The molecule has 2 aromatic heterocycles. The van der Waals surface area contributed by atoms with Crippen molar-refractivity contribution in [2.45, 2.75) is 33.2 Å². The number of carbonyl (C=O) groups is 1. The van der Waals surface area contributed by atoms with Crippen LogP contribution in [0, 0.1) is 6.92 Å². The highest BCUT2D eigenvalue weighted by Crippen LogP contribution is 2.31. The number of hydrogen-bond donors (Lipinski definition) is 1. The summed E-state index contributed by atoms with van der Waals surface area (Å²) in [5.74, 6) is 1.36. The van der Waals surface area contributed by atoms with Gasteiger partial charge in [0.25, 0.3) is 0 Å². The molecule has 3 rings (SSSR count). The third-order valence-electron chi connectivity index (χ3n) is 3.64. The minimum Gasteiger partial charge on any atom is -0.490 e. The van der Waals surface area contributed by atoms with Crippen LogP contribution >= 0.6 is 11.3 Å². The minimum absolute atomic E-state index is 0.0710. The predicted molar refractivity (Wildman–Crippen MR) is 94.5 cm³/mol. The molecule has 1 N–H and O–H groups in total. The zero-order chi connectivity index (χ0) is 17.1. The van der Waals surface area contributed by atoms with Crippen LogP contribution < -0.4 is 10.1 Å². The maximum absolute atomic E-state index is 12.2. The molecule has 0 aliphatic heterocycles. The lowest BCUT2D eigenvalue weighted by Gasteiger charge is -2.10. The maximum atomic E-state index is 12.2. The molecule has 0 spiro atoms. The molecular weight excluding hydrogens is 324 g/mol. The summed E-state index contributed by atoms with van der Waals surface area (Å²) in [6.07, 6.45) is 0.277. The molecule has 0 fully saturated rings. The number of ether oxygens (including phenoxy) is 1. The van der Waals surface area contributed by atoms with Crippen molar-refractivity contribution in [1.82, 2.24) is 10.3 Å². The normalized spacial score (nSPS) is 12.3.